The van der Waals surface area contributed by atoms with Gasteiger partial charge in [-0.15, -0.1) is 0 Å². The Hall–Kier alpha value is -2.15. The third-order valence-electron chi connectivity index (χ3n) is 3.28. The molecular formula is C12H16N4O3. The van der Waals surface area contributed by atoms with Crippen LogP contribution in [0.2, 0.25) is 0 Å². The smallest absolute Gasteiger partial charge is 0.270 e. The molecule has 1 aliphatic rings. The molecule has 1 unspecified atom stereocenters. The number of nitrogens with one attached hydrogen (secondary N) is 2. The summed E-state index contributed by atoms with van der Waals surface area (Å²) in [4.78, 5) is 21.6. The van der Waals surface area contributed by atoms with Crippen LogP contribution < -0.4 is 16.4 Å². The molecule has 7 heteroatoms. The molecule has 1 saturated heterocycles. The second-order valence-corrected chi connectivity index (χ2v) is 4.96. The van der Waals surface area contributed by atoms with Crippen LogP contribution in [0.25, 0.3) is 0 Å². The minimum atomic E-state index is -0.680. The van der Waals surface area contributed by atoms with E-state index in [0.29, 0.717) is 5.69 Å². The number of benzene rings is 1. The Morgan fingerprint density at radius 1 is 1.58 bits per heavy atom. The van der Waals surface area contributed by atoms with E-state index in [1.54, 1.807) is 0 Å². The zero-order valence-corrected chi connectivity index (χ0v) is 10.6. The van der Waals surface area contributed by atoms with E-state index in [0.717, 1.165) is 19.5 Å². The van der Waals surface area contributed by atoms with Gasteiger partial charge in [0.05, 0.1) is 10.5 Å². The van der Waals surface area contributed by atoms with Crippen LogP contribution in [0.4, 0.5) is 11.4 Å². The highest BCUT2D eigenvalue weighted by molar-refractivity contribution is 5.99. The molecule has 1 fully saturated rings. The van der Waals surface area contributed by atoms with E-state index < -0.39 is 10.8 Å². The third-order valence-corrected chi connectivity index (χ3v) is 3.28. The number of nitro benzene ring substituents is 1. The van der Waals surface area contributed by atoms with Crippen molar-refractivity contribution in [3.63, 3.8) is 0 Å². The molecule has 1 aliphatic heterocycles. The minimum absolute atomic E-state index is 0.141. The zero-order chi connectivity index (χ0) is 14.0. The molecule has 0 bridgehead atoms. The van der Waals surface area contributed by atoms with E-state index >= 15 is 0 Å². The molecule has 0 spiro atoms. The number of rotatable bonds is 4. The van der Waals surface area contributed by atoms with Crippen molar-refractivity contribution in [1.82, 2.24) is 5.32 Å². The number of non-ortho nitro benzene ring substituents is 1. The first-order chi connectivity index (χ1) is 8.91. The fourth-order valence-corrected chi connectivity index (χ4v) is 2.21. The Bertz CT molecular complexity index is 524. The lowest BCUT2D eigenvalue weighted by Gasteiger charge is -2.26. The summed E-state index contributed by atoms with van der Waals surface area (Å²) in [7, 11) is 0. The maximum atomic E-state index is 11.4. The van der Waals surface area contributed by atoms with Crippen molar-refractivity contribution in [1.29, 1.82) is 0 Å². The first kappa shape index (κ1) is 13.3. The predicted molar refractivity (Wildman–Crippen MR) is 71.1 cm³/mol. The monoisotopic (exact) mass is 264 g/mol. The maximum absolute atomic E-state index is 11.4. The van der Waals surface area contributed by atoms with E-state index in [1.807, 2.05) is 6.92 Å². The maximum Gasteiger partial charge on any atom is 0.270 e. The lowest BCUT2D eigenvalue weighted by atomic mass is 10.00. The molecule has 19 heavy (non-hydrogen) atoms. The average Bonchev–Trinajstić information content (AvgIpc) is 2.75. The Morgan fingerprint density at radius 2 is 2.32 bits per heavy atom. The van der Waals surface area contributed by atoms with Crippen molar-refractivity contribution in [3.05, 3.63) is 33.9 Å². The lowest BCUT2D eigenvalue weighted by Crippen LogP contribution is -2.37. The van der Waals surface area contributed by atoms with Gasteiger partial charge in [-0.3, -0.25) is 14.9 Å². The van der Waals surface area contributed by atoms with Gasteiger partial charge in [0.25, 0.3) is 11.6 Å². The fraction of sp³-hybridized carbons (Fsp3) is 0.417. The zero-order valence-electron chi connectivity index (χ0n) is 10.6. The van der Waals surface area contributed by atoms with Gasteiger partial charge in [0, 0.05) is 29.9 Å². The number of carbonyl (C=O) groups excluding carboxylic acids is 1. The van der Waals surface area contributed by atoms with Crippen LogP contribution in [0.1, 0.15) is 23.7 Å². The molecule has 2 rings (SSSR count). The van der Waals surface area contributed by atoms with Gasteiger partial charge in [-0.05, 0) is 26.0 Å². The molecule has 0 saturated carbocycles. The number of nitrogens with zero attached hydrogens (tertiary/aromatic N) is 1. The first-order valence-corrected chi connectivity index (χ1v) is 5.98. The van der Waals surface area contributed by atoms with Crippen molar-refractivity contribution < 1.29 is 9.72 Å². The van der Waals surface area contributed by atoms with E-state index in [-0.39, 0.29) is 16.8 Å². The highest BCUT2D eigenvalue weighted by Gasteiger charge is 2.29. The fourth-order valence-electron chi connectivity index (χ4n) is 2.21. The molecular weight excluding hydrogens is 248 g/mol. The quantitative estimate of drug-likeness (QED) is 0.551. The molecule has 1 amide bonds. The van der Waals surface area contributed by atoms with Gasteiger partial charge in [0.15, 0.2) is 0 Å². The van der Waals surface area contributed by atoms with Crippen LogP contribution in [0, 0.1) is 10.1 Å². The predicted octanol–water partition coefficient (Wildman–Crippen LogP) is 0.858. The number of hydrogen-bond donors (Lipinski definition) is 3. The third kappa shape index (κ3) is 2.82. The summed E-state index contributed by atoms with van der Waals surface area (Å²) in [5, 5.41) is 17.2. The number of nitrogens with two attached hydrogens (primary N) is 1. The summed E-state index contributed by atoms with van der Waals surface area (Å²) in [5.41, 5.74) is 5.63. The highest BCUT2D eigenvalue weighted by Crippen LogP contribution is 2.27. The summed E-state index contributed by atoms with van der Waals surface area (Å²) in [6, 6.07) is 4.10. The Balaban J connectivity index is 2.34. The Labute approximate surface area is 110 Å². The van der Waals surface area contributed by atoms with Crippen molar-refractivity contribution in [2.75, 3.05) is 18.4 Å². The van der Waals surface area contributed by atoms with E-state index in [9.17, 15) is 14.9 Å². The Kier molecular flexibility index (Phi) is 3.39. The van der Waals surface area contributed by atoms with Crippen LogP contribution in [-0.4, -0.2) is 29.5 Å². The minimum Gasteiger partial charge on any atom is -0.378 e. The lowest BCUT2D eigenvalue weighted by molar-refractivity contribution is -0.384. The molecule has 1 aromatic carbocycles. The highest BCUT2D eigenvalue weighted by atomic mass is 16.6. The van der Waals surface area contributed by atoms with Gasteiger partial charge in [-0.25, -0.2) is 0 Å². The van der Waals surface area contributed by atoms with Crippen molar-refractivity contribution >= 4 is 17.3 Å². The molecule has 102 valence electrons. The molecule has 7 nitrogen and oxygen atoms in total. The van der Waals surface area contributed by atoms with E-state index in [1.165, 1.54) is 18.2 Å². The summed E-state index contributed by atoms with van der Waals surface area (Å²) >= 11 is 0. The molecule has 0 radical (unpaired) electrons. The number of carbonyl (C=O) groups is 1. The summed E-state index contributed by atoms with van der Waals surface area (Å²) in [6.07, 6.45) is 0.905. The van der Waals surface area contributed by atoms with E-state index in [4.69, 9.17) is 5.73 Å². The SMILES string of the molecule is CC1(Nc2ccc([N+](=O)[O-])cc2C(N)=O)CCNC1. The van der Waals surface area contributed by atoms with Crippen molar-refractivity contribution in [3.8, 4) is 0 Å². The normalized spacial score (nSPS) is 22.2. The molecule has 0 aromatic heterocycles. The average molecular weight is 264 g/mol. The summed E-state index contributed by atoms with van der Waals surface area (Å²) in [6.45, 7) is 3.68. The van der Waals surface area contributed by atoms with Gasteiger partial charge in [0.1, 0.15) is 0 Å². The van der Waals surface area contributed by atoms with Gasteiger partial charge in [-0.2, -0.15) is 0 Å². The molecule has 1 aromatic rings. The number of amides is 1. The molecule has 0 aliphatic carbocycles. The second kappa shape index (κ2) is 4.85. The van der Waals surface area contributed by atoms with Gasteiger partial charge in [-0.1, -0.05) is 0 Å². The van der Waals surface area contributed by atoms with Crippen LogP contribution >= 0.6 is 0 Å². The topological polar surface area (TPSA) is 110 Å². The van der Waals surface area contributed by atoms with Gasteiger partial charge < -0.3 is 16.4 Å². The first-order valence-electron chi connectivity index (χ1n) is 5.98. The molecule has 4 N–H and O–H groups in total. The number of hydrogen-bond acceptors (Lipinski definition) is 5. The van der Waals surface area contributed by atoms with Crippen LogP contribution in [0.15, 0.2) is 18.2 Å². The summed E-state index contributed by atoms with van der Waals surface area (Å²) < 4.78 is 0. The van der Waals surface area contributed by atoms with Gasteiger partial charge in [0.2, 0.25) is 0 Å². The van der Waals surface area contributed by atoms with Crippen LogP contribution in [-0.2, 0) is 0 Å². The summed E-state index contributed by atoms with van der Waals surface area (Å²) in [5.74, 6) is -0.680. The molecule has 1 heterocycles. The van der Waals surface area contributed by atoms with Crippen LogP contribution in [0.5, 0.6) is 0 Å². The van der Waals surface area contributed by atoms with E-state index in [2.05, 4.69) is 10.6 Å². The number of primary amides is 1. The van der Waals surface area contributed by atoms with Crippen molar-refractivity contribution in [2.45, 2.75) is 18.9 Å². The largest absolute Gasteiger partial charge is 0.378 e. The Morgan fingerprint density at radius 3 is 2.84 bits per heavy atom. The number of nitro groups is 1. The van der Waals surface area contributed by atoms with Crippen LogP contribution in [0.3, 0.4) is 0 Å². The standard InChI is InChI=1S/C12H16N4O3/c1-12(4-5-14-7-12)15-10-3-2-8(16(18)19)6-9(10)11(13)17/h2-3,6,14-15H,4-5,7H2,1H3,(H2,13,17). The second-order valence-electron chi connectivity index (χ2n) is 4.96. The number of anilines is 1. The van der Waals surface area contributed by atoms with Gasteiger partial charge >= 0.3 is 0 Å². The van der Waals surface area contributed by atoms with Crippen molar-refractivity contribution in [2.24, 2.45) is 5.73 Å². The molecule has 1 atom stereocenters.